The van der Waals surface area contributed by atoms with Gasteiger partial charge in [-0.25, -0.2) is 4.79 Å². The number of aromatic amines is 1. The molecule has 2 heterocycles. The predicted molar refractivity (Wildman–Crippen MR) is 80.9 cm³/mol. The SMILES string of the molecule is CC(=O)NC[C@H]1O[C@@H](n2cc(C)c(=O)[nH]c2=O)C[C@@H]1NC(C)=O. The van der Waals surface area contributed by atoms with Crippen LogP contribution in [-0.4, -0.2) is 40.1 Å². The van der Waals surface area contributed by atoms with Gasteiger partial charge in [-0.3, -0.25) is 23.9 Å². The highest BCUT2D eigenvalue weighted by Gasteiger charge is 2.37. The Morgan fingerprint density at radius 2 is 2.04 bits per heavy atom. The van der Waals surface area contributed by atoms with Crippen LogP contribution in [0.3, 0.4) is 0 Å². The van der Waals surface area contributed by atoms with Gasteiger partial charge < -0.3 is 15.4 Å². The number of hydrogen-bond acceptors (Lipinski definition) is 5. The molecule has 0 aliphatic carbocycles. The Labute approximate surface area is 132 Å². The Balaban J connectivity index is 2.23. The van der Waals surface area contributed by atoms with E-state index in [2.05, 4.69) is 15.6 Å². The number of ether oxygens (including phenoxy) is 1. The maximum absolute atomic E-state index is 12.0. The third-order valence-corrected chi connectivity index (χ3v) is 3.63. The minimum absolute atomic E-state index is 0.212. The van der Waals surface area contributed by atoms with Crippen molar-refractivity contribution in [3.8, 4) is 0 Å². The molecule has 9 heteroatoms. The zero-order valence-corrected chi connectivity index (χ0v) is 13.2. The van der Waals surface area contributed by atoms with E-state index in [9.17, 15) is 19.2 Å². The summed E-state index contributed by atoms with van der Waals surface area (Å²) in [6.45, 7) is 4.58. The average molecular weight is 324 g/mol. The number of amides is 2. The first-order chi connectivity index (χ1) is 10.8. The lowest BCUT2D eigenvalue weighted by Gasteiger charge is -2.19. The number of carbonyl (C=O) groups is 2. The van der Waals surface area contributed by atoms with Crippen molar-refractivity contribution in [1.82, 2.24) is 20.2 Å². The van der Waals surface area contributed by atoms with Crippen LogP contribution in [0.15, 0.2) is 15.8 Å². The quantitative estimate of drug-likeness (QED) is 0.640. The molecule has 1 aromatic heterocycles. The van der Waals surface area contributed by atoms with Gasteiger partial charge in [0, 0.05) is 38.6 Å². The first-order valence-electron chi connectivity index (χ1n) is 7.27. The fraction of sp³-hybridized carbons (Fsp3) is 0.571. The second-order valence-electron chi connectivity index (χ2n) is 5.59. The lowest BCUT2D eigenvalue weighted by Crippen LogP contribution is -2.44. The van der Waals surface area contributed by atoms with Crippen molar-refractivity contribution < 1.29 is 14.3 Å². The molecule has 0 radical (unpaired) electrons. The van der Waals surface area contributed by atoms with E-state index in [0.29, 0.717) is 12.0 Å². The fourth-order valence-electron chi connectivity index (χ4n) is 2.55. The van der Waals surface area contributed by atoms with Crippen LogP contribution in [0.5, 0.6) is 0 Å². The third kappa shape index (κ3) is 4.07. The van der Waals surface area contributed by atoms with Crippen LogP contribution >= 0.6 is 0 Å². The lowest BCUT2D eigenvalue weighted by atomic mass is 10.1. The summed E-state index contributed by atoms with van der Waals surface area (Å²) in [6, 6.07) is -0.344. The van der Waals surface area contributed by atoms with Crippen LogP contribution < -0.4 is 21.9 Å². The van der Waals surface area contributed by atoms with E-state index in [1.54, 1.807) is 6.92 Å². The van der Waals surface area contributed by atoms with Crippen molar-refractivity contribution in [3.05, 3.63) is 32.6 Å². The van der Waals surface area contributed by atoms with Gasteiger partial charge in [0.15, 0.2) is 0 Å². The predicted octanol–water partition coefficient (Wildman–Crippen LogP) is -1.23. The van der Waals surface area contributed by atoms with Crippen molar-refractivity contribution in [1.29, 1.82) is 0 Å². The molecule has 3 atom stereocenters. The molecule has 2 rings (SSSR count). The Hall–Kier alpha value is -2.42. The van der Waals surface area contributed by atoms with Crippen molar-refractivity contribution in [2.45, 2.75) is 45.6 Å². The van der Waals surface area contributed by atoms with E-state index in [1.165, 1.54) is 24.6 Å². The Morgan fingerprint density at radius 1 is 1.35 bits per heavy atom. The van der Waals surface area contributed by atoms with Crippen molar-refractivity contribution in [2.24, 2.45) is 0 Å². The van der Waals surface area contributed by atoms with Crippen LogP contribution in [0.25, 0.3) is 0 Å². The Bertz CT molecular complexity index is 723. The largest absolute Gasteiger partial charge is 0.354 e. The van der Waals surface area contributed by atoms with Gasteiger partial charge >= 0.3 is 5.69 Å². The number of hydrogen-bond donors (Lipinski definition) is 3. The van der Waals surface area contributed by atoms with E-state index in [0.717, 1.165) is 0 Å². The highest BCUT2D eigenvalue weighted by molar-refractivity contribution is 5.73. The maximum atomic E-state index is 12.0. The molecular formula is C14H20N4O5. The van der Waals surface area contributed by atoms with Gasteiger partial charge in [0.2, 0.25) is 11.8 Å². The summed E-state index contributed by atoms with van der Waals surface area (Å²) in [5.41, 5.74) is -0.639. The molecule has 23 heavy (non-hydrogen) atoms. The molecule has 0 spiro atoms. The number of nitrogens with one attached hydrogen (secondary N) is 3. The van der Waals surface area contributed by atoms with Crippen LogP contribution in [0.2, 0.25) is 0 Å². The van der Waals surface area contributed by atoms with Gasteiger partial charge in [0.1, 0.15) is 6.23 Å². The second-order valence-corrected chi connectivity index (χ2v) is 5.59. The van der Waals surface area contributed by atoms with Gasteiger partial charge in [-0.1, -0.05) is 0 Å². The van der Waals surface area contributed by atoms with Gasteiger partial charge in [-0.15, -0.1) is 0 Å². The minimum Gasteiger partial charge on any atom is -0.354 e. The molecule has 9 nitrogen and oxygen atoms in total. The fourth-order valence-corrected chi connectivity index (χ4v) is 2.55. The standard InChI is InChI=1S/C14H20N4O5/c1-7-6-18(14(22)17-13(7)21)12-4-10(16-9(3)20)11(23-12)5-15-8(2)19/h6,10-12H,4-5H2,1-3H3,(H,15,19)(H,16,20)(H,17,21,22)/t10-,11+,12+/m0/s1. The first-order valence-corrected chi connectivity index (χ1v) is 7.27. The molecular weight excluding hydrogens is 304 g/mol. The van der Waals surface area contributed by atoms with E-state index < -0.39 is 23.6 Å². The molecule has 1 fully saturated rings. The number of carbonyl (C=O) groups excluding carboxylic acids is 2. The van der Waals surface area contributed by atoms with Crippen molar-refractivity contribution in [2.75, 3.05) is 6.54 Å². The summed E-state index contributed by atoms with van der Waals surface area (Å²) in [5, 5.41) is 5.40. The topological polar surface area (TPSA) is 122 Å². The molecule has 3 N–H and O–H groups in total. The summed E-state index contributed by atoms with van der Waals surface area (Å²) in [5.74, 6) is -0.437. The monoisotopic (exact) mass is 324 g/mol. The average Bonchev–Trinajstić information content (AvgIpc) is 2.82. The number of rotatable bonds is 4. The molecule has 1 saturated heterocycles. The summed E-state index contributed by atoms with van der Waals surface area (Å²) in [6.07, 6.45) is 0.688. The molecule has 1 aliphatic heterocycles. The summed E-state index contributed by atoms with van der Waals surface area (Å²) < 4.78 is 7.09. The Morgan fingerprint density at radius 3 is 2.65 bits per heavy atom. The van der Waals surface area contributed by atoms with Gasteiger partial charge in [0.25, 0.3) is 5.56 Å². The zero-order chi connectivity index (χ0) is 17.1. The van der Waals surface area contributed by atoms with Crippen molar-refractivity contribution >= 4 is 11.8 Å². The smallest absolute Gasteiger partial charge is 0.330 e. The molecule has 0 aromatic carbocycles. The molecule has 2 amide bonds. The molecule has 1 aromatic rings. The highest BCUT2D eigenvalue weighted by atomic mass is 16.5. The van der Waals surface area contributed by atoms with E-state index in [-0.39, 0.29) is 24.4 Å². The normalized spacial score (nSPS) is 23.5. The number of aromatic nitrogens is 2. The number of aryl methyl sites for hydroxylation is 1. The van der Waals surface area contributed by atoms with Crippen LogP contribution in [-0.2, 0) is 14.3 Å². The lowest BCUT2D eigenvalue weighted by molar-refractivity contribution is -0.120. The maximum Gasteiger partial charge on any atom is 0.330 e. The number of H-pyrrole nitrogens is 1. The van der Waals surface area contributed by atoms with Gasteiger partial charge in [-0.05, 0) is 6.92 Å². The van der Waals surface area contributed by atoms with Crippen LogP contribution in [0, 0.1) is 6.92 Å². The molecule has 0 unspecified atom stereocenters. The van der Waals surface area contributed by atoms with Crippen LogP contribution in [0.4, 0.5) is 0 Å². The third-order valence-electron chi connectivity index (χ3n) is 3.63. The first kappa shape index (κ1) is 16.9. The van der Waals surface area contributed by atoms with E-state index in [1.807, 2.05) is 0 Å². The summed E-state index contributed by atoms with van der Waals surface area (Å²) >= 11 is 0. The highest BCUT2D eigenvalue weighted by Crippen LogP contribution is 2.27. The summed E-state index contributed by atoms with van der Waals surface area (Å²) in [4.78, 5) is 48.0. The second kappa shape index (κ2) is 6.78. The Kier molecular flexibility index (Phi) is 4.99. The van der Waals surface area contributed by atoms with Crippen LogP contribution in [0.1, 0.15) is 32.1 Å². The number of nitrogens with zero attached hydrogens (tertiary/aromatic N) is 1. The molecule has 0 bridgehead atoms. The summed E-state index contributed by atoms with van der Waals surface area (Å²) in [7, 11) is 0. The zero-order valence-electron chi connectivity index (χ0n) is 13.2. The van der Waals surface area contributed by atoms with Gasteiger partial charge in [0.05, 0.1) is 12.1 Å². The van der Waals surface area contributed by atoms with Crippen molar-refractivity contribution in [3.63, 3.8) is 0 Å². The molecule has 0 saturated carbocycles. The van der Waals surface area contributed by atoms with E-state index in [4.69, 9.17) is 4.74 Å². The van der Waals surface area contributed by atoms with Gasteiger partial charge in [-0.2, -0.15) is 0 Å². The minimum atomic E-state index is -0.631. The molecule has 1 aliphatic rings. The van der Waals surface area contributed by atoms with E-state index >= 15 is 0 Å². The molecule has 126 valence electrons.